The molecule has 0 aliphatic heterocycles. The number of rotatable bonds is 4. The zero-order chi connectivity index (χ0) is 90.6. The van der Waals surface area contributed by atoms with Crippen molar-refractivity contribution in [3.05, 3.63) is 456 Å². The van der Waals surface area contributed by atoms with Crippen LogP contribution in [0.1, 0.15) is 125 Å². The van der Waals surface area contributed by atoms with E-state index in [-0.39, 0.29) is 27.1 Å². The highest BCUT2D eigenvalue weighted by Gasteiger charge is 2.42. The smallest absolute Gasteiger partial charge is 0.137 e. The molecule has 0 unspecified atom stereocenters. The molecule has 5 aliphatic carbocycles. The summed E-state index contributed by atoms with van der Waals surface area (Å²) < 4.78 is 18.7. The zero-order valence-corrected chi connectivity index (χ0v) is 78.0. The van der Waals surface area contributed by atoms with Crippen LogP contribution in [0.5, 0.6) is 0 Å². The van der Waals surface area contributed by atoms with Crippen LogP contribution in [0.2, 0.25) is 0 Å². The third-order valence-electron chi connectivity index (χ3n) is 31.6. The van der Waals surface area contributed by atoms with Crippen LogP contribution in [0.15, 0.2) is 405 Å². The molecule has 0 fully saturated rings. The average molecular weight is 1750 g/mol. The van der Waals surface area contributed by atoms with E-state index in [1.165, 1.54) is 236 Å². The van der Waals surface area contributed by atoms with Crippen LogP contribution in [0.25, 0.3) is 208 Å². The van der Waals surface area contributed by atoms with Gasteiger partial charge in [0.2, 0.25) is 0 Å². The Bertz CT molecular complexity index is 9420. The molecule has 644 valence electrons. The van der Waals surface area contributed by atoms with E-state index in [2.05, 4.69) is 476 Å². The van der Waals surface area contributed by atoms with Crippen LogP contribution in [0.3, 0.4) is 0 Å². The van der Waals surface area contributed by atoms with Gasteiger partial charge in [0.25, 0.3) is 0 Å². The fourth-order valence-electron chi connectivity index (χ4n) is 24.9. The number of para-hydroxylation sites is 6. The second kappa shape index (κ2) is 28.7. The van der Waals surface area contributed by atoms with Crippen LogP contribution in [0, 0.1) is 0 Å². The Balaban J connectivity index is 0.0000000918. The third kappa shape index (κ3) is 11.3. The molecule has 6 heterocycles. The molecule has 19 aromatic carbocycles. The lowest BCUT2D eigenvalue weighted by Crippen LogP contribution is -2.15. The van der Waals surface area contributed by atoms with Crippen molar-refractivity contribution < 1.29 is 4.42 Å². The second-order valence-corrected chi connectivity index (χ2v) is 41.6. The molecule has 135 heavy (non-hydrogen) atoms. The number of benzene rings is 19. The lowest BCUT2D eigenvalue weighted by molar-refractivity contribution is 0.660. The molecule has 6 heteroatoms. The summed E-state index contributed by atoms with van der Waals surface area (Å²) in [6, 6.07) is 148. The van der Waals surface area contributed by atoms with E-state index in [1.54, 1.807) is 0 Å². The summed E-state index contributed by atoms with van der Waals surface area (Å²) in [6.45, 7) is 23.5. The van der Waals surface area contributed by atoms with Crippen molar-refractivity contribution in [3.8, 4) is 78.4 Å². The minimum absolute atomic E-state index is 0.0120. The minimum atomic E-state index is -0.0376. The molecular formula is C129H96N4OS. The molecule has 0 saturated carbocycles. The molecule has 0 radical (unpaired) electrons. The molecule has 0 spiro atoms. The van der Waals surface area contributed by atoms with Gasteiger partial charge in [0.05, 0.1) is 44.1 Å². The van der Waals surface area contributed by atoms with E-state index in [9.17, 15) is 0 Å². The standard InChI is InChI=1S/C36H29N.C33H23NO.C33H23NS.C27H21N/c1-35(2)29-14-8-5-11-23(29)26-19-22(17-18-31(26)35)37-33-16-10-7-13-25(33)28-20-27-24-12-6-9-15-30(24)36(3,4)32(27)21-34(28)37;1-33(2)27-12-6-3-9-21(27)25-18-26-22-10-4-7-13-29(22)34(30(26)19-28(25)33)20-15-16-24-23-11-5-8-14-31(23)35-32(24)17-20;1-33(2)27-12-6-3-9-21(27)24-18-25-22-10-4-7-13-29(22)34(30(25)19-28(24)33)20-15-16-32-26(17-20)23-11-5-8-14-31(23)35-32;1-27(2)23-14-8-6-12-19(23)21-16-22-20-13-7-9-15-25(20)28(26(22)17-24(21)27)18-10-4-3-5-11-18/h5-21H,1-4H3;2*3-19H,1-2H3;3-17H,1-2H3. The molecule has 30 rings (SSSR count). The topological polar surface area (TPSA) is 32.9 Å². The summed E-state index contributed by atoms with van der Waals surface area (Å²) in [5.41, 5.74) is 44.5. The largest absolute Gasteiger partial charge is 0.456 e. The highest BCUT2D eigenvalue weighted by molar-refractivity contribution is 7.25. The second-order valence-electron chi connectivity index (χ2n) is 40.5. The molecular weight excluding hydrogens is 1650 g/mol. The molecule has 0 bridgehead atoms. The van der Waals surface area contributed by atoms with Crippen molar-refractivity contribution in [2.75, 3.05) is 0 Å². The van der Waals surface area contributed by atoms with Crippen molar-refractivity contribution in [2.45, 2.75) is 96.3 Å². The summed E-state index contributed by atoms with van der Waals surface area (Å²) >= 11 is 1.87. The van der Waals surface area contributed by atoms with Gasteiger partial charge in [0.1, 0.15) is 11.2 Å². The van der Waals surface area contributed by atoms with Crippen molar-refractivity contribution in [1.29, 1.82) is 0 Å². The van der Waals surface area contributed by atoms with Gasteiger partial charge in [-0.25, -0.2) is 0 Å². The van der Waals surface area contributed by atoms with Crippen LogP contribution in [-0.4, -0.2) is 18.3 Å². The van der Waals surface area contributed by atoms with Gasteiger partial charge in [-0.15, -0.1) is 11.3 Å². The summed E-state index contributed by atoms with van der Waals surface area (Å²) in [4.78, 5) is 0. The quantitative estimate of drug-likeness (QED) is 0.173. The Kier molecular flexibility index (Phi) is 16.8. The predicted molar refractivity (Wildman–Crippen MR) is 571 cm³/mol. The maximum absolute atomic E-state index is 6.25. The first-order valence-corrected chi connectivity index (χ1v) is 48.4. The van der Waals surface area contributed by atoms with Gasteiger partial charge in [-0.2, -0.15) is 0 Å². The summed E-state index contributed by atoms with van der Waals surface area (Å²) in [5.74, 6) is 0. The Labute approximate surface area is 788 Å². The Morgan fingerprint density at radius 2 is 0.444 bits per heavy atom. The molecule has 0 atom stereocenters. The fourth-order valence-corrected chi connectivity index (χ4v) is 26.0. The number of hydrogen-bond donors (Lipinski definition) is 0. The van der Waals surface area contributed by atoms with Gasteiger partial charge in [0.15, 0.2) is 0 Å². The van der Waals surface area contributed by atoms with Gasteiger partial charge < -0.3 is 22.7 Å². The number of nitrogens with zero attached hydrogens (tertiary/aromatic N) is 4. The van der Waals surface area contributed by atoms with E-state index < -0.39 is 0 Å². The maximum atomic E-state index is 6.25. The number of furan rings is 1. The Morgan fingerprint density at radius 1 is 0.163 bits per heavy atom. The lowest BCUT2D eigenvalue weighted by Gasteiger charge is -2.22. The lowest BCUT2D eigenvalue weighted by atomic mass is 9.82. The van der Waals surface area contributed by atoms with Crippen molar-refractivity contribution in [2.24, 2.45) is 0 Å². The Hall–Kier alpha value is -15.6. The van der Waals surface area contributed by atoms with E-state index in [4.69, 9.17) is 4.42 Å². The van der Waals surface area contributed by atoms with E-state index in [0.29, 0.717) is 0 Å². The van der Waals surface area contributed by atoms with Crippen LogP contribution in [-0.2, 0) is 27.1 Å². The highest BCUT2D eigenvalue weighted by atomic mass is 32.1. The molecule has 25 aromatic rings. The van der Waals surface area contributed by atoms with E-state index >= 15 is 0 Å². The summed E-state index contributed by atoms with van der Waals surface area (Å²) in [7, 11) is 0. The number of thiophene rings is 1. The predicted octanol–water partition coefficient (Wildman–Crippen LogP) is 34.9. The van der Waals surface area contributed by atoms with E-state index in [0.717, 1.165) is 27.6 Å². The number of fused-ring (bicyclic) bond motifs is 33. The highest BCUT2D eigenvalue weighted by Crippen LogP contribution is 2.58. The van der Waals surface area contributed by atoms with Crippen molar-refractivity contribution in [1.82, 2.24) is 18.3 Å². The first-order valence-electron chi connectivity index (χ1n) is 47.6. The first-order chi connectivity index (χ1) is 65.7. The van der Waals surface area contributed by atoms with Crippen molar-refractivity contribution >= 4 is 141 Å². The van der Waals surface area contributed by atoms with Gasteiger partial charge in [0, 0.05) is 130 Å². The molecule has 0 amide bonds. The van der Waals surface area contributed by atoms with Gasteiger partial charge in [-0.1, -0.05) is 324 Å². The third-order valence-corrected chi connectivity index (χ3v) is 32.7. The maximum Gasteiger partial charge on any atom is 0.137 e. The summed E-state index contributed by atoms with van der Waals surface area (Å²) in [6.07, 6.45) is 0. The molecule has 5 nitrogen and oxygen atoms in total. The normalized spacial score (nSPS) is 14.7. The van der Waals surface area contributed by atoms with Gasteiger partial charge >= 0.3 is 0 Å². The van der Waals surface area contributed by atoms with E-state index in [1.807, 2.05) is 23.5 Å². The van der Waals surface area contributed by atoms with Gasteiger partial charge in [-0.3, -0.25) is 0 Å². The molecule has 5 aliphatic rings. The summed E-state index contributed by atoms with van der Waals surface area (Å²) in [5, 5.41) is 15.5. The van der Waals surface area contributed by atoms with Crippen molar-refractivity contribution in [3.63, 3.8) is 0 Å². The van der Waals surface area contributed by atoms with Gasteiger partial charge in [-0.05, 0) is 251 Å². The Morgan fingerprint density at radius 3 is 0.859 bits per heavy atom. The average Bonchev–Trinajstić information content (AvgIpc) is 1.55. The molecule has 0 saturated heterocycles. The first kappa shape index (κ1) is 79.2. The monoisotopic (exact) mass is 1750 g/mol. The van der Waals surface area contributed by atoms with Crippen LogP contribution >= 0.6 is 11.3 Å². The molecule has 6 aromatic heterocycles. The minimum Gasteiger partial charge on any atom is -0.456 e. The fraction of sp³-hybridized carbons (Fsp3) is 0.116. The van der Waals surface area contributed by atoms with Crippen LogP contribution < -0.4 is 0 Å². The SMILES string of the molecule is CC1(C)c2ccccc2-c2cc(-n3c4ccccc4c4cc5c(cc43)C(C)(C)c3ccccc3-5)ccc21.CC1(C)c2ccccc2-c2cc3c4ccccc4n(-c4ccc5c(c4)oc4ccccc45)c3cc21.CC1(C)c2ccccc2-c2cc3c4ccccc4n(-c4ccc5sc6ccccc6c5c4)c3cc21.CC1(C)c2ccccc2-c2cc3c4ccccc4n(-c4ccccc4)c3cc21. The zero-order valence-electron chi connectivity index (χ0n) is 77.2. The number of hydrogen-bond acceptors (Lipinski definition) is 2. The van der Waals surface area contributed by atoms with Crippen LogP contribution in [0.4, 0.5) is 0 Å². The molecule has 0 N–H and O–H groups in total. The number of aromatic nitrogens is 4.